The van der Waals surface area contributed by atoms with E-state index in [9.17, 15) is 19.4 Å². The normalized spacial score (nSPS) is 13.1. The molecule has 3 aromatic rings. The lowest BCUT2D eigenvalue weighted by Crippen LogP contribution is -2.35. The third-order valence-corrected chi connectivity index (χ3v) is 4.26. The molecule has 140 valence electrons. The van der Waals surface area contributed by atoms with Crippen molar-refractivity contribution in [3.8, 4) is 0 Å². The van der Waals surface area contributed by atoms with Crippen LogP contribution in [0.5, 0.6) is 0 Å². The van der Waals surface area contributed by atoms with E-state index in [4.69, 9.17) is 4.74 Å². The van der Waals surface area contributed by atoms with Gasteiger partial charge in [-0.15, -0.1) is 0 Å². The lowest BCUT2D eigenvalue weighted by atomic mass is 9.97. The molecule has 0 aliphatic rings. The molecule has 27 heavy (non-hydrogen) atoms. The van der Waals surface area contributed by atoms with Gasteiger partial charge < -0.3 is 20.3 Å². The second-order valence-corrected chi connectivity index (χ2v) is 6.14. The van der Waals surface area contributed by atoms with Crippen LogP contribution in [0.15, 0.2) is 66.7 Å². The van der Waals surface area contributed by atoms with Crippen molar-refractivity contribution in [1.82, 2.24) is 5.32 Å². The van der Waals surface area contributed by atoms with Crippen LogP contribution < -0.4 is 5.32 Å². The Labute approximate surface area is 156 Å². The van der Waals surface area contributed by atoms with Crippen LogP contribution in [0, 0.1) is 5.82 Å². The monoisotopic (exact) mass is 369 g/mol. The smallest absolute Gasteiger partial charge is 0.407 e. The van der Waals surface area contributed by atoms with Crippen LogP contribution in [0.4, 0.5) is 9.18 Å². The highest BCUT2D eigenvalue weighted by atomic mass is 19.1. The fourth-order valence-electron chi connectivity index (χ4n) is 2.82. The topological polar surface area (TPSA) is 78.8 Å². The Morgan fingerprint density at radius 3 is 2.37 bits per heavy atom. The molecule has 2 atom stereocenters. The number of fused-ring (bicyclic) bond motifs is 1. The highest BCUT2D eigenvalue weighted by Gasteiger charge is 2.22. The van der Waals surface area contributed by atoms with Gasteiger partial charge in [-0.25, -0.2) is 9.18 Å². The average Bonchev–Trinajstić information content (AvgIpc) is 2.71. The Morgan fingerprint density at radius 2 is 1.63 bits per heavy atom. The van der Waals surface area contributed by atoms with Crippen LogP contribution in [-0.4, -0.2) is 29.0 Å². The van der Waals surface area contributed by atoms with E-state index in [0.29, 0.717) is 16.3 Å². The largest absolute Gasteiger partial charge is 0.445 e. The maximum absolute atomic E-state index is 13.9. The summed E-state index contributed by atoms with van der Waals surface area (Å²) in [6.07, 6.45) is -3.26. The molecule has 3 aromatic carbocycles. The fourth-order valence-corrected chi connectivity index (χ4v) is 2.82. The van der Waals surface area contributed by atoms with Gasteiger partial charge in [0.1, 0.15) is 24.6 Å². The van der Waals surface area contributed by atoms with Crippen LogP contribution in [-0.2, 0) is 11.3 Å². The Bertz CT molecular complexity index is 916. The Balaban J connectivity index is 1.59. The summed E-state index contributed by atoms with van der Waals surface area (Å²) in [6.45, 7) is -0.103. The number of amides is 1. The third kappa shape index (κ3) is 4.61. The standard InChI is InChI=1S/C21H20FNO4/c22-18-11-10-17(15-8-4-5-9-16(15)18)20(25)19(24)12-23-21(26)27-13-14-6-2-1-3-7-14/h1-11,19-20,24-25H,12-13H2,(H,23,26). The zero-order valence-electron chi connectivity index (χ0n) is 14.5. The summed E-state index contributed by atoms with van der Waals surface area (Å²) in [7, 11) is 0. The van der Waals surface area contributed by atoms with Crippen molar-refractivity contribution >= 4 is 16.9 Å². The maximum Gasteiger partial charge on any atom is 0.407 e. The van der Waals surface area contributed by atoms with Gasteiger partial charge in [0.2, 0.25) is 0 Å². The maximum atomic E-state index is 13.9. The minimum atomic E-state index is -1.29. The molecule has 6 heteroatoms. The second kappa shape index (κ2) is 8.62. The minimum Gasteiger partial charge on any atom is -0.445 e. The first-order valence-corrected chi connectivity index (χ1v) is 8.54. The summed E-state index contributed by atoms with van der Waals surface area (Å²) < 4.78 is 18.9. The quantitative estimate of drug-likeness (QED) is 0.623. The van der Waals surface area contributed by atoms with E-state index < -0.39 is 24.1 Å². The Hall–Kier alpha value is -2.96. The van der Waals surface area contributed by atoms with Crippen molar-refractivity contribution < 1.29 is 24.1 Å². The number of alkyl carbamates (subject to hydrolysis) is 1. The highest BCUT2D eigenvalue weighted by Crippen LogP contribution is 2.28. The molecule has 1 amide bonds. The second-order valence-electron chi connectivity index (χ2n) is 6.14. The van der Waals surface area contributed by atoms with E-state index in [-0.39, 0.29) is 13.2 Å². The predicted molar refractivity (Wildman–Crippen MR) is 99.5 cm³/mol. The van der Waals surface area contributed by atoms with Gasteiger partial charge in [0, 0.05) is 11.9 Å². The lowest BCUT2D eigenvalue weighted by molar-refractivity contribution is 0.0192. The molecule has 0 spiro atoms. The lowest BCUT2D eigenvalue weighted by Gasteiger charge is -2.20. The number of nitrogens with one attached hydrogen (secondary N) is 1. The van der Waals surface area contributed by atoms with Crippen molar-refractivity contribution in [3.05, 3.63) is 83.7 Å². The molecule has 0 saturated heterocycles. The molecule has 0 aromatic heterocycles. The SMILES string of the molecule is O=C(NCC(O)C(O)c1ccc(F)c2ccccc12)OCc1ccccc1. The van der Waals surface area contributed by atoms with Crippen molar-refractivity contribution in [3.63, 3.8) is 0 Å². The number of hydrogen-bond acceptors (Lipinski definition) is 4. The summed E-state index contributed by atoms with van der Waals surface area (Å²) in [5, 5.41) is 23.9. The summed E-state index contributed by atoms with van der Waals surface area (Å²) >= 11 is 0. The van der Waals surface area contributed by atoms with Crippen molar-refractivity contribution in [2.24, 2.45) is 0 Å². The van der Waals surface area contributed by atoms with Gasteiger partial charge in [-0.1, -0.05) is 60.7 Å². The number of carbonyl (C=O) groups is 1. The number of rotatable bonds is 6. The van der Waals surface area contributed by atoms with Crippen LogP contribution in [0.2, 0.25) is 0 Å². The first kappa shape index (κ1) is 18.8. The van der Waals surface area contributed by atoms with Gasteiger partial charge in [0.15, 0.2) is 0 Å². The number of carbonyl (C=O) groups excluding carboxylic acids is 1. The first-order chi connectivity index (χ1) is 13.1. The van der Waals surface area contributed by atoms with Crippen LogP contribution in [0.25, 0.3) is 10.8 Å². The van der Waals surface area contributed by atoms with Crippen molar-refractivity contribution in [2.75, 3.05) is 6.54 Å². The van der Waals surface area contributed by atoms with Crippen LogP contribution in [0.3, 0.4) is 0 Å². The van der Waals surface area contributed by atoms with Gasteiger partial charge in [-0.2, -0.15) is 0 Å². The molecule has 2 unspecified atom stereocenters. The molecule has 5 nitrogen and oxygen atoms in total. The summed E-state index contributed by atoms with van der Waals surface area (Å²) in [4.78, 5) is 11.8. The summed E-state index contributed by atoms with van der Waals surface area (Å²) in [5.41, 5.74) is 1.23. The average molecular weight is 369 g/mol. The van der Waals surface area contributed by atoms with Crippen LogP contribution in [0.1, 0.15) is 17.2 Å². The molecule has 0 heterocycles. The van der Waals surface area contributed by atoms with E-state index >= 15 is 0 Å². The van der Waals surface area contributed by atoms with Gasteiger partial charge in [-0.05, 0) is 22.6 Å². The van der Waals surface area contributed by atoms with Gasteiger partial charge in [-0.3, -0.25) is 0 Å². The zero-order valence-corrected chi connectivity index (χ0v) is 14.5. The molecule has 0 fully saturated rings. The van der Waals surface area contributed by atoms with Gasteiger partial charge in [0.25, 0.3) is 0 Å². The summed E-state index contributed by atoms with van der Waals surface area (Å²) in [6, 6.07) is 18.6. The van der Waals surface area contributed by atoms with E-state index in [1.54, 1.807) is 24.3 Å². The highest BCUT2D eigenvalue weighted by molar-refractivity contribution is 5.86. The minimum absolute atomic E-state index is 0.105. The van der Waals surface area contributed by atoms with E-state index in [0.717, 1.165) is 5.56 Å². The molecular formula is C21H20FNO4. The van der Waals surface area contributed by atoms with E-state index in [2.05, 4.69) is 5.32 Å². The number of ether oxygens (including phenoxy) is 1. The molecule has 0 aliphatic heterocycles. The van der Waals surface area contributed by atoms with Crippen LogP contribution >= 0.6 is 0 Å². The van der Waals surface area contributed by atoms with Crippen molar-refractivity contribution in [1.29, 1.82) is 0 Å². The molecule has 3 N–H and O–H groups in total. The predicted octanol–water partition coefficient (Wildman–Crippen LogP) is 3.30. The van der Waals surface area contributed by atoms with Gasteiger partial charge >= 0.3 is 6.09 Å². The third-order valence-electron chi connectivity index (χ3n) is 4.26. The molecular weight excluding hydrogens is 349 g/mol. The van der Waals surface area contributed by atoms with E-state index in [1.807, 2.05) is 30.3 Å². The fraction of sp³-hybridized carbons (Fsp3) is 0.190. The van der Waals surface area contributed by atoms with E-state index in [1.165, 1.54) is 12.1 Å². The Kier molecular flexibility index (Phi) is 6.01. The molecule has 0 aliphatic carbocycles. The molecule has 0 radical (unpaired) electrons. The number of halogens is 1. The first-order valence-electron chi connectivity index (χ1n) is 8.54. The number of benzene rings is 3. The number of aliphatic hydroxyl groups is 2. The summed E-state index contributed by atoms with van der Waals surface area (Å²) in [5.74, 6) is -0.404. The molecule has 3 rings (SSSR count). The Morgan fingerprint density at radius 1 is 0.963 bits per heavy atom. The molecule has 0 bridgehead atoms. The van der Waals surface area contributed by atoms with Crippen molar-refractivity contribution in [2.45, 2.75) is 18.8 Å². The van der Waals surface area contributed by atoms with Gasteiger partial charge in [0.05, 0.1) is 0 Å². The number of aliphatic hydroxyl groups excluding tert-OH is 2. The number of hydrogen-bond donors (Lipinski definition) is 3. The zero-order chi connectivity index (χ0) is 19.2. The molecule has 0 saturated carbocycles.